The minimum atomic E-state index is -0.894. The van der Waals surface area contributed by atoms with Crippen molar-refractivity contribution in [2.45, 2.75) is 43.9 Å². The van der Waals surface area contributed by atoms with Crippen LogP contribution >= 0.6 is 12.2 Å². The lowest BCUT2D eigenvalue weighted by molar-refractivity contribution is -0.0150. The summed E-state index contributed by atoms with van der Waals surface area (Å²) in [5.41, 5.74) is 0.392. The largest absolute Gasteiger partial charge is 0.504 e. The van der Waals surface area contributed by atoms with Crippen LogP contribution in [-0.4, -0.2) is 47.9 Å². The zero-order valence-corrected chi connectivity index (χ0v) is 19.6. The van der Waals surface area contributed by atoms with Gasteiger partial charge >= 0.3 is 0 Å². The first-order chi connectivity index (χ1) is 15.1. The summed E-state index contributed by atoms with van der Waals surface area (Å²) in [6.45, 7) is 4.08. The first-order valence-corrected chi connectivity index (χ1v) is 10.7. The average Bonchev–Trinajstić information content (AvgIpc) is 2.73. The van der Waals surface area contributed by atoms with Crippen LogP contribution in [-0.2, 0) is 0 Å². The van der Waals surface area contributed by atoms with Gasteiger partial charge < -0.3 is 39.8 Å². The van der Waals surface area contributed by atoms with E-state index in [4.69, 9.17) is 31.2 Å². The molecule has 8 nitrogen and oxygen atoms in total. The number of fused-ring (bicyclic) bond motifs is 1. The Morgan fingerprint density at radius 3 is 2.25 bits per heavy atom. The lowest BCUT2D eigenvalue weighted by Crippen LogP contribution is -2.69. The van der Waals surface area contributed by atoms with Crippen LogP contribution in [0.4, 0.5) is 0 Å². The highest BCUT2D eigenvalue weighted by molar-refractivity contribution is 7.80. The Morgan fingerprint density at radius 1 is 1.03 bits per heavy atom. The first-order valence-electron chi connectivity index (χ1n) is 10.3. The fraction of sp³-hybridized carbons (Fsp3) is 0.435. The van der Waals surface area contributed by atoms with Crippen molar-refractivity contribution >= 4 is 17.3 Å². The fourth-order valence-corrected chi connectivity index (χ4v) is 5.23. The molecule has 0 amide bonds. The minimum absolute atomic E-state index is 0.219. The van der Waals surface area contributed by atoms with Gasteiger partial charge in [0.05, 0.1) is 21.3 Å². The third-order valence-corrected chi connectivity index (χ3v) is 6.16. The van der Waals surface area contributed by atoms with Crippen LogP contribution in [0.3, 0.4) is 0 Å². The Hall–Kier alpha value is -3.07. The van der Waals surface area contributed by atoms with Gasteiger partial charge in [-0.25, -0.2) is 0 Å². The zero-order valence-electron chi connectivity index (χ0n) is 18.7. The molecule has 0 aliphatic carbocycles. The molecule has 4 rings (SSSR count). The maximum Gasteiger partial charge on any atom is 0.203 e. The van der Waals surface area contributed by atoms with Crippen LogP contribution in [0.1, 0.15) is 43.7 Å². The zero-order chi connectivity index (χ0) is 23.3. The molecule has 0 saturated carbocycles. The molecule has 2 atom stereocenters. The molecule has 0 unspecified atom stereocenters. The molecule has 2 aromatic carbocycles. The highest BCUT2D eigenvalue weighted by Crippen LogP contribution is 2.53. The number of hydrogen-bond acceptors (Lipinski definition) is 7. The van der Waals surface area contributed by atoms with Crippen molar-refractivity contribution in [2.24, 2.45) is 0 Å². The van der Waals surface area contributed by atoms with Gasteiger partial charge in [-0.3, -0.25) is 0 Å². The number of benzene rings is 2. The van der Waals surface area contributed by atoms with Crippen molar-refractivity contribution in [2.75, 3.05) is 21.3 Å². The summed E-state index contributed by atoms with van der Waals surface area (Å²) in [6, 6.07) is 7.01. The molecule has 0 aromatic heterocycles. The molecule has 0 bridgehead atoms. The molecule has 1 spiro atoms. The molecule has 2 aliphatic heterocycles. The molecule has 2 aromatic rings. The smallest absolute Gasteiger partial charge is 0.203 e. The Bertz CT molecular complexity index is 1050. The molecule has 0 radical (unpaired) electrons. The summed E-state index contributed by atoms with van der Waals surface area (Å²) in [5.74, 6) is 1.01. The van der Waals surface area contributed by atoms with E-state index in [2.05, 4.69) is 10.6 Å². The molecule has 4 N–H and O–H groups in total. The van der Waals surface area contributed by atoms with E-state index in [1.807, 2.05) is 26.0 Å². The van der Waals surface area contributed by atoms with Crippen molar-refractivity contribution in [3.63, 3.8) is 0 Å². The van der Waals surface area contributed by atoms with Crippen LogP contribution in [0.15, 0.2) is 24.3 Å². The SMILES string of the molecule is COc1cc([C@H]2C[C@]3(CC(C)(C)NC(=S)N3)Oc3c2ccc(O)c3O)cc(OC)c1OC. The van der Waals surface area contributed by atoms with E-state index >= 15 is 0 Å². The second-order valence-corrected chi connectivity index (χ2v) is 9.21. The van der Waals surface area contributed by atoms with Gasteiger partial charge in [-0.15, -0.1) is 0 Å². The Kier molecular flexibility index (Phi) is 5.40. The topological polar surface area (TPSA) is 101 Å². The summed E-state index contributed by atoms with van der Waals surface area (Å²) in [4.78, 5) is 0. The summed E-state index contributed by atoms with van der Waals surface area (Å²) in [7, 11) is 4.70. The number of thiocarbonyl (C=S) groups is 1. The van der Waals surface area contributed by atoms with E-state index in [9.17, 15) is 10.2 Å². The lowest BCUT2D eigenvalue weighted by Gasteiger charge is -2.50. The highest BCUT2D eigenvalue weighted by atomic mass is 32.1. The van der Waals surface area contributed by atoms with Gasteiger partial charge in [0, 0.05) is 29.9 Å². The molecule has 2 heterocycles. The fourth-order valence-electron chi connectivity index (χ4n) is 4.77. The Balaban J connectivity index is 1.91. The Labute approximate surface area is 192 Å². The van der Waals surface area contributed by atoms with E-state index < -0.39 is 5.72 Å². The predicted octanol–water partition coefficient (Wildman–Crippen LogP) is 3.38. The third kappa shape index (κ3) is 3.70. The maximum absolute atomic E-state index is 10.7. The normalized spacial score (nSPS) is 23.4. The van der Waals surface area contributed by atoms with Gasteiger partial charge in [0.15, 0.2) is 33.8 Å². The number of phenols is 2. The van der Waals surface area contributed by atoms with E-state index in [0.29, 0.717) is 35.2 Å². The van der Waals surface area contributed by atoms with Gasteiger partial charge in [-0.1, -0.05) is 6.07 Å². The van der Waals surface area contributed by atoms with Crippen LogP contribution < -0.4 is 29.6 Å². The van der Waals surface area contributed by atoms with Crippen LogP contribution in [0.5, 0.6) is 34.5 Å². The maximum atomic E-state index is 10.7. The molecule has 32 heavy (non-hydrogen) atoms. The average molecular weight is 461 g/mol. The molecule has 172 valence electrons. The minimum Gasteiger partial charge on any atom is -0.504 e. The van der Waals surface area contributed by atoms with Crippen molar-refractivity contribution in [1.29, 1.82) is 0 Å². The first kappa shape index (κ1) is 22.1. The van der Waals surface area contributed by atoms with E-state index in [1.165, 1.54) is 6.07 Å². The summed E-state index contributed by atoms with van der Waals surface area (Å²) in [5, 5.41) is 27.8. The number of methoxy groups -OCH3 is 3. The van der Waals surface area contributed by atoms with E-state index in [1.54, 1.807) is 27.4 Å². The molecule has 1 fully saturated rings. The second-order valence-electron chi connectivity index (χ2n) is 8.80. The van der Waals surface area contributed by atoms with Crippen molar-refractivity contribution < 1.29 is 29.2 Å². The van der Waals surface area contributed by atoms with Crippen LogP contribution in [0.25, 0.3) is 0 Å². The van der Waals surface area contributed by atoms with Crippen molar-refractivity contribution in [3.8, 4) is 34.5 Å². The van der Waals surface area contributed by atoms with E-state index in [0.717, 1.165) is 11.1 Å². The predicted molar refractivity (Wildman–Crippen MR) is 123 cm³/mol. The number of phenolic OH excluding ortho intramolecular Hbond substituents is 2. The highest BCUT2D eigenvalue weighted by Gasteiger charge is 2.49. The van der Waals surface area contributed by atoms with Gasteiger partial charge in [0.1, 0.15) is 0 Å². The van der Waals surface area contributed by atoms with Crippen molar-refractivity contribution in [1.82, 2.24) is 10.6 Å². The number of nitrogens with one attached hydrogen (secondary N) is 2. The van der Waals surface area contributed by atoms with Gasteiger partial charge in [0.2, 0.25) is 11.5 Å². The standard InChI is InChI=1S/C23H28N2O6S/c1-22(2)11-23(25-21(32)24-22)10-14(13-6-7-15(26)18(27)19(13)31-23)12-8-16(28-3)20(30-5)17(9-12)29-4/h6-9,14,26-27H,10-11H2,1-5H3,(H2,24,25,32)/t14-,23-/m1/s1. The summed E-state index contributed by atoms with van der Waals surface area (Å²) in [6.07, 6.45) is 1.09. The van der Waals surface area contributed by atoms with Crippen molar-refractivity contribution in [3.05, 3.63) is 35.4 Å². The number of hydrogen-bond donors (Lipinski definition) is 4. The molecule has 2 aliphatic rings. The number of rotatable bonds is 4. The summed E-state index contributed by atoms with van der Waals surface area (Å²) >= 11 is 5.46. The quantitative estimate of drug-likeness (QED) is 0.404. The molecular weight excluding hydrogens is 432 g/mol. The molecule has 1 saturated heterocycles. The number of aromatic hydroxyl groups is 2. The van der Waals surface area contributed by atoms with Gasteiger partial charge in [-0.05, 0) is 49.8 Å². The molecular formula is C23H28N2O6S. The monoisotopic (exact) mass is 460 g/mol. The summed E-state index contributed by atoms with van der Waals surface area (Å²) < 4.78 is 22.9. The van der Waals surface area contributed by atoms with Crippen LogP contribution in [0.2, 0.25) is 0 Å². The van der Waals surface area contributed by atoms with Gasteiger partial charge in [0.25, 0.3) is 0 Å². The Morgan fingerprint density at radius 2 is 1.69 bits per heavy atom. The number of ether oxygens (including phenoxy) is 4. The van der Waals surface area contributed by atoms with E-state index in [-0.39, 0.29) is 28.7 Å². The third-order valence-electron chi connectivity index (χ3n) is 5.96. The lowest BCUT2D eigenvalue weighted by atomic mass is 9.77. The second kappa shape index (κ2) is 7.81. The molecule has 9 heteroatoms. The van der Waals surface area contributed by atoms with Crippen LogP contribution in [0, 0.1) is 0 Å². The van der Waals surface area contributed by atoms with Gasteiger partial charge in [-0.2, -0.15) is 0 Å².